The van der Waals surface area contributed by atoms with E-state index in [0.29, 0.717) is 11.5 Å². The van der Waals surface area contributed by atoms with Crippen LogP contribution in [0.5, 0.6) is 0 Å². The molecular formula is C39H35F3N6OS. The van der Waals surface area contributed by atoms with E-state index < -0.39 is 17.6 Å². The van der Waals surface area contributed by atoms with Gasteiger partial charge in [0.15, 0.2) is 5.82 Å². The predicted octanol–water partition coefficient (Wildman–Crippen LogP) is 8.78. The van der Waals surface area contributed by atoms with Crippen LogP contribution in [0.1, 0.15) is 27.9 Å². The lowest BCUT2D eigenvalue weighted by Gasteiger charge is -2.36. The van der Waals surface area contributed by atoms with E-state index in [1.807, 2.05) is 42.5 Å². The lowest BCUT2D eigenvalue weighted by Crippen LogP contribution is -2.46. The van der Waals surface area contributed by atoms with E-state index in [1.165, 1.54) is 29.6 Å². The summed E-state index contributed by atoms with van der Waals surface area (Å²) in [7, 11) is 0. The highest BCUT2D eigenvalue weighted by Crippen LogP contribution is 2.34. The first kappa shape index (κ1) is 34.5. The Morgan fingerprint density at radius 1 is 0.960 bits per heavy atom. The Hall–Kier alpha value is -5.35. The number of aliphatic imine (C=N–C) groups is 1. The highest BCUT2D eigenvalue weighted by atomic mass is 32.2. The Balaban J connectivity index is 1.07. The van der Waals surface area contributed by atoms with Gasteiger partial charge >= 0.3 is 6.18 Å². The average molecular weight is 693 g/mol. The molecule has 0 spiro atoms. The number of amides is 1. The first-order chi connectivity index (χ1) is 24.2. The van der Waals surface area contributed by atoms with E-state index in [-0.39, 0.29) is 5.56 Å². The molecule has 7 nitrogen and oxygen atoms in total. The fraction of sp³-hybridized carbons (Fsp3) is 0.179. The number of anilines is 3. The molecule has 1 fully saturated rings. The molecule has 1 amide bonds. The van der Waals surface area contributed by atoms with Crippen molar-refractivity contribution in [1.82, 2.24) is 9.88 Å². The molecule has 0 saturated carbocycles. The zero-order valence-corrected chi connectivity index (χ0v) is 28.0. The summed E-state index contributed by atoms with van der Waals surface area (Å²) in [4.78, 5) is 27.5. The topological polar surface area (TPSA) is 72.9 Å². The molecule has 11 heteroatoms. The van der Waals surface area contributed by atoms with Gasteiger partial charge in [-0.2, -0.15) is 13.2 Å². The van der Waals surface area contributed by atoms with Gasteiger partial charge in [-0.1, -0.05) is 35.7 Å². The van der Waals surface area contributed by atoms with E-state index in [1.54, 1.807) is 24.5 Å². The van der Waals surface area contributed by atoms with E-state index in [4.69, 9.17) is 0 Å². The Morgan fingerprint density at radius 3 is 2.46 bits per heavy atom. The Labute approximate surface area is 293 Å². The molecule has 0 atom stereocenters. The van der Waals surface area contributed by atoms with Crippen LogP contribution in [-0.2, 0) is 6.18 Å². The number of pyridine rings is 1. The fourth-order valence-electron chi connectivity index (χ4n) is 5.51. The van der Waals surface area contributed by atoms with Gasteiger partial charge in [0.05, 0.1) is 5.56 Å². The molecule has 0 bridgehead atoms. The quantitative estimate of drug-likeness (QED) is 0.121. The SMILES string of the molecule is C=CCCN1CCN(c2ccc(NC3=C=CC(c4cccnc4Sc4ccc(NC(=O)c5cccc(C(F)(F)F)c5)cc4)=CC=N3)cc2)CC1. The molecule has 0 aliphatic carbocycles. The summed E-state index contributed by atoms with van der Waals surface area (Å²) >= 11 is 1.45. The number of nitrogens with zero attached hydrogens (tertiary/aromatic N) is 4. The number of rotatable bonds is 11. The predicted molar refractivity (Wildman–Crippen MR) is 196 cm³/mol. The number of nitrogens with one attached hydrogen (secondary N) is 2. The number of halogens is 3. The highest BCUT2D eigenvalue weighted by molar-refractivity contribution is 7.99. The smallest absolute Gasteiger partial charge is 0.369 e. The summed E-state index contributed by atoms with van der Waals surface area (Å²) in [6, 6.07) is 23.6. The number of allylic oxidation sites excluding steroid dienone is 3. The van der Waals surface area contributed by atoms with Crippen LogP contribution in [0, 0.1) is 0 Å². The van der Waals surface area contributed by atoms with Crippen molar-refractivity contribution < 1.29 is 18.0 Å². The molecule has 2 aliphatic heterocycles. The maximum absolute atomic E-state index is 13.1. The van der Waals surface area contributed by atoms with Crippen LogP contribution in [0.4, 0.5) is 30.2 Å². The van der Waals surface area contributed by atoms with Crippen molar-refractivity contribution in [2.45, 2.75) is 22.5 Å². The molecule has 1 saturated heterocycles. The van der Waals surface area contributed by atoms with E-state index in [0.717, 1.165) is 78.0 Å². The number of aromatic nitrogens is 1. The number of carbonyl (C=O) groups excluding carboxylic acids is 1. The number of hydrogen-bond donors (Lipinski definition) is 2. The molecular weight excluding hydrogens is 658 g/mol. The molecule has 6 rings (SSSR count). The van der Waals surface area contributed by atoms with Gasteiger partial charge in [0.25, 0.3) is 5.91 Å². The van der Waals surface area contributed by atoms with Gasteiger partial charge < -0.3 is 15.5 Å². The maximum Gasteiger partial charge on any atom is 0.416 e. The van der Waals surface area contributed by atoms with E-state index >= 15 is 0 Å². The molecule has 4 aromatic rings. The lowest BCUT2D eigenvalue weighted by atomic mass is 10.1. The zero-order chi connectivity index (χ0) is 34.9. The third-order valence-electron chi connectivity index (χ3n) is 8.20. The summed E-state index contributed by atoms with van der Waals surface area (Å²) < 4.78 is 39.2. The van der Waals surface area contributed by atoms with Gasteiger partial charge in [-0.3, -0.25) is 9.69 Å². The van der Waals surface area contributed by atoms with Crippen LogP contribution in [-0.4, -0.2) is 54.7 Å². The van der Waals surface area contributed by atoms with Gasteiger partial charge in [0.1, 0.15) is 5.03 Å². The molecule has 254 valence electrons. The van der Waals surface area contributed by atoms with Crippen molar-refractivity contribution in [2.75, 3.05) is 48.3 Å². The van der Waals surface area contributed by atoms with Crippen LogP contribution in [0.15, 0.2) is 142 Å². The molecule has 3 heterocycles. The molecule has 3 aromatic carbocycles. The normalized spacial score (nSPS) is 14.8. The molecule has 0 radical (unpaired) electrons. The van der Waals surface area contributed by atoms with Crippen molar-refractivity contribution in [3.63, 3.8) is 0 Å². The molecule has 2 aliphatic rings. The minimum Gasteiger partial charge on any atom is -0.369 e. The second-order valence-corrected chi connectivity index (χ2v) is 12.7. The minimum absolute atomic E-state index is 0.0741. The highest BCUT2D eigenvalue weighted by Gasteiger charge is 2.31. The van der Waals surface area contributed by atoms with Gasteiger partial charge in [0.2, 0.25) is 0 Å². The van der Waals surface area contributed by atoms with Gasteiger partial charge in [-0.05, 0) is 96.9 Å². The van der Waals surface area contributed by atoms with Crippen molar-refractivity contribution >= 4 is 46.5 Å². The Bertz CT molecular complexity index is 1960. The van der Waals surface area contributed by atoms with Gasteiger partial charge in [0, 0.05) is 78.2 Å². The second kappa shape index (κ2) is 15.9. The summed E-state index contributed by atoms with van der Waals surface area (Å²) in [6.45, 7) is 8.99. The fourth-order valence-corrected chi connectivity index (χ4v) is 6.41. The van der Waals surface area contributed by atoms with Crippen LogP contribution in [0.3, 0.4) is 0 Å². The molecule has 2 N–H and O–H groups in total. The van der Waals surface area contributed by atoms with Crippen molar-refractivity contribution in [3.8, 4) is 0 Å². The third-order valence-corrected chi connectivity index (χ3v) is 9.23. The van der Waals surface area contributed by atoms with E-state index in [9.17, 15) is 18.0 Å². The van der Waals surface area contributed by atoms with Crippen LogP contribution < -0.4 is 15.5 Å². The number of piperazine rings is 1. The summed E-state index contributed by atoms with van der Waals surface area (Å²) in [5.41, 5.74) is 6.68. The monoisotopic (exact) mass is 692 g/mol. The summed E-state index contributed by atoms with van der Waals surface area (Å²) in [5.74, 6) is -0.0406. The summed E-state index contributed by atoms with van der Waals surface area (Å²) in [6.07, 6.45) is 5.71. The third kappa shape index (κ3) is 9.00. The first-order valence-corrected chi connectivity index (χ1v) is 16.9. The molecule has 50 heavy (non-hydrogen) atoms. The largest absolute Gasteiger partial charge is 0.416 e. The molecule has 1 aromatic heterocycles. The van der Waals surface area contributed by atoms with Crippen molar-refractivity contribution in [3.05, 3.63) is 144 Å². The van der Waals surface area contributed by atoms with E-state index in [2.05, 4.69) is 67.0 Å². The van der Waals surface area contributed by atoms with Crippen LogP contribution in [0.2, 0.25) is 0 Å². The summed E-state index contributed by atoms with van der Waals surface area (Å²) in [5, 5.41) is 6.78. The number of benzene rings is 3. The van der Waals surface area contributed by atoms with Crippen molar-refractivity contribution in [1.29, 1.82) is 0 Å². The zero-order valence-electron chi connectivity index (χ0n) is 27.2. The van der Waals surface area contributed by atoms with Gasteiger partial charge in [-0.25, -0.2) is 9.98 Å². The average Bonchev–Trinajstić information content (AvgIpc) is 3.37. The van der Waals surface area contributed by atoms with Crippen LogP contribution in [0.25, 0.3) is 5.57 Å². The van der Waals surface area contributed by atoms with Gasteiger partial charge in [-0.15, -0.1) is 6.58 Å². The minimum atomic E-state index is -4.53. The lowest BCUT2D eigenvalue weighted by molar-refractivity contribution is -0.137. The van der Waals surface area contributed by atoms with Crippen LogP contribution >= 0.6 is 11.8 Å². The standard InChI is InChI=1S/C39H35F3N6OS/c1-2-3-22-47-23-25-48(26-24-47)33-14-10-31(11-15-33)45-36-18-9-28(19-21-43-36)35-8-5-20-44-38(35)50-34-16-12-32(13-17-34)46-37(49)29-6-4-7-30(27-29)39(40,41)42/h2,4-17,19-21,27,45H,1,3,22-26H2,(H,46,49). The number of hydrogen-bond acceptors (Lipinski definition) is 7. The number of alkyl halides is 3. The Kier molecular flexibility index (Phi) is 11.0. The number of carbonyl (C=O) groups is 1. The second-order valence-electron chi connectivity index (χ2n) is 11.6. The Morgan fingerprint density at radius 2 is 1.72 bits per heavy atom. The maximum atomic E-state index is 13.1. The molecule has 0 unspecified atom stereocenters. The van der Waals surface area contributed by atoms with Crippen molar-refractivity contribution in [2.24, 2.45) is 4.99 Å². The first-order valence-electron chi connectivity index (χ1n) is 16.1.